The van der Waals surface area contributed by atoms with Gasteiger partial charge in [0.1, 0.15) is 5.75 Å². The molecule has 1 aliphatic rings. The minimum absolute atomic E-state index is 0.0407. The molecule has 1 aromatic rings. The predicted octanol–water partition coefficient (Wildman–Crippen LogP) is 4.35. The Bertz CT molecular complexity index is 614. The second kappa shape index (κ2) is 7.61. The molecule has 2 rings (SSSR count). The second-order valence-corrected chi connectivity index (χ2v) is 9.28. The zero-order chi connectivity index (χ0) is 19.6. The van der Waals surface area contributed by atoms with E-state index in [-0.39, 0.29) is 10.8 Å². The molecule has 3 atom stereocenters. The topological polar surface area (TPSA) is 63.2 Å². The van der Waals surface area contributed by atoms with Crippen LogP contribution < -0.4 is 4.52 Å². The van der Waals surface area contributed by atoms with Gasteiger partial charge in [-0.25, -0.2) is 4.89 Å². The highest BCUT2D eigenvalue weighted by Gasteiger charge is 2.71. The normalized spacial score (nSPS) is 26.9. The lowest BCUT2D eigenvalue weighted by atomic mass is 9.68. The lowest BCUT2D eigenvalue weighted by Gasteiger charge is -2.60. The molecule has 0 N–H and O–H groups in total. The van der Waals surface area contributed by atoms with Crippen LogP contribution in [0.15, 0.2) is 24.3 Å². The molecule has 0 spiro atoms. The number of methoxy groups -OCH3 is 1. The highest BCUT2D eigenvalue weighted by Crippen LogP contribution is 2.57. The fourth-order valence-electron chi connectivity index (χ4n) is 3.08. The van der Waals surface area contributed by atoms with Crippen molar-refractivity contribution >= 4 is 8.69 Å². The van der Waals surface area contributed by atoms with Crippen molar-refractivity contribution in [2.45, 2.75) is 52.9 Å². The molecule has 1 aromatic carbocycles. The summed E-state index contributed by atoms with van der Waals surface area (Å²) < 4.78 is 27.7. The molecule has 0 aromatic heterocycles. The molecule has 148 valence electrons. The first kappa shape index (κ1) is 21.4. The van der Waals surface area contributed by atoms with Gasteiger partial charge in [0, 0.05) is 18.1 Å². The number of hydrogen-bond acceptors (Lipinski definition) is 6. The van der Waals surface area contributed by atoms with Gasteiger partial charge in [0.15, 0.2) is 5.60 Å². The van der Waals surface area contributed by atoms with Crippen LogP contribution >= 0.6 is 8.69 Å². The van der Waals surface area contributed by atoms with Gasteiger partial charge in [0.05, 0.1) is 13.2 Å². The quantitative estimate of drug-likeness (QED) is 0.513. The summed E-state index contributed by atoms with van der Waals surface area (Å²) in [5, 5.41) is 0. The number of hydrogen-bond donors (Lipinski definition) is 0. The van der Waals surface area contributed by atoms with Crippen LogP contribution in [-0.2, 0) is 29.6 Å². The summed E-state index contributed by atoms with van der Waals surface area (Å²) >= 11 is 0. The van der Waals surface area contributed by atoms with Crippen LogP contribution in [0.3, 0.4) is 0 Å². The van der Waals surface area contributed by atoms with Crippen molar-refractivity contribution in [3.63, 3.8) is 0 Å². The van der Waals surface area contributed by atoms with Crippen molar-refractivity contribution in [1.29, 1.82) is 0 Å². The number of rotatable bonds is 7. The molecule has 7 heteroatoms. The van der Waals surface area contributed by atoms with Crippen LogP contribution in [0.2, 0.25) is 0 Å². The Balaban J connectivity index is 2.36. The molecular formula is C19H31O6P. The van der Waals surface area contributed by atoms with Gasteiger partial charge in [0.2, 0.25) is 8.69 Å². The van der Waals surface area contributed by atoms with Crippen LogP contribution in [0, 0.1) is 10.8 Å². The van der Waals surface area contributed by atoms with E-state index in [1.165, 1.54) is 0 Å². The van der Waals surface area contributed by atoms with E-state index in [0.717, 1.165) is 5.56 Å². The monoisotopic (exact) mass is 386 g/mol. The number of ether oxygens (including phenoxy) is 2. The third kappa shape index (κ3) is 3.85. The van der Waals surface area contributed by atoms with Gasteiger partial charge < -0.3 is 14.0 Å². The highest BCUT2D eigenvalue weighted by molar-refractivity contribution is 7.17. The Kier molecular flexibility index (Phi) is 6.26. The molecular weight excluding hydrogens is 355 g/mol. The first-order valence-electron chi connectivity index (χ1n) is 8.72. The maximum absolute atomic E-state index is 10.7. The Morgan fingerprint density at radius 2 is 1.65 bits per heavy atom. The molecule has 0 aliphatic carbocycles. The first-order valence-corrected chi connectivity index (χ1v) is 9.66. The van der Waals surface area contributed by atoms with Crippen molar-refractivity contribution in [2.24, 2.45) is 10.8 Å². The lowest BCUT2D eigenvalue weighted by molar-refractivity contribution is -0.638. The zero-order valence-corrected chi connectivity index (χ0v) is 17.9. The Labute approximate surface area is 157 Å². The smallest absolute Gasteiger partial charge is 0.262 e. The van der Waals surface area contributed by atoms with E-state index in [2.05, 4.69) is 41.5 Å². The van der Waals surface area contributed by atoms with E-state index >= 15 is 0 Å². The number of benzene rings is 1. The van der Waals surface area contributed by atoms with Crippen molar-refractivity contribution in [1.82, 2.24) is 0 Å². The Morgan fingerprint density at radius 1 is 1.04 bits per heavy atom. The molecule has 0 radical (unpaired) electrons. The Hall–Kier alpha value is -0.910. The van der Waals surface area contributed by atoms with Gasteiger partial charge in [-0.1, -0.05) is 41.5 Å². The molecule has 1 saturated heterocycles. The van der Waals surface area contributed by atoms with Crippen LogP contribution in [0.5, 0.6) is 5.75 Å². The van der Waals surface area contributed by atoms with E-state index in [0.29, 0.717) is 19.0 Å². The van der Waals surface area contributed by atoms with Gasteiger partial charge in [-0.05, 0) is 29.7 Å². The standard InChI is InChI=1S/C19H31O6P/c1-16(2,3)12-22-13-18(17(4,5)6)19(21-7,25-24-18)14-8-10-15(11-9-14)23-26-20/h8-11H,12-13,26H2,1-7H3. The fourth-order valence-corrected chi connectivity index (χ4v) is 3.35. The summed E-state index contributed by atoms with van der Waals surface area (Å²) in [7, 11) is 0.294. The van der Waals surface area contributed by atoms with E-state index in [9.17, 15) is 4.57 Å². The van der Waals surface area contributed by atoms with Gasteiger partial charge in [-0.3, -0.25) is 4.57 Å². The lowest BCUT2D eigenvalue weighted by Crippen LogP contribution is -2.73. The maximum Gasteiger partial charge on any atom is 0.262 e. The van der Waals surface area contributed by atoms with E-state index in [1.54, 1.807) is 19.2 Å². The largest absolute Gasteiger partial charge is 0.447 e. The third-order valence-electron chi connectivity index (χ3n) is 4.59. The molecule has 6 nitrogen and oxygen atoms in total. The molecule has 0 saturated carbocycles. The third-order valence-corrected chi connectivity index (χ3v) is 4.96. The second-order valence-electron chi connectivity index (χ2n) is 8.86. The van der Waals surface area contributed by atoms with Gasteiger partial charge in [-0.2, -0.15) is 4.89 Å². The summed E-state index contributed by atoms with van der Waals surface area (Å²) in [5.41, 5.74) is -0.326. The molecule has 3 unspecified atom stereocenters. The zero-order valence-electron chi connectivity index (χ0n) is 16.8. The molecule has 0 bridgehead atoms. The molecule has 1 heterocycles. The Morgan fingerprint density at radius 3 is 2.04 bits per heavy atom. The van der Waals surface area contributed by atoms with E-state index in [4.69, 9.17) is 23.8 Å². The minimum Gasteiger partial charge on any atom is -0.447 e. The van der Waals surface area contributed by atoms with Crippen molar-refractivity contribution < 1.29 is 28.3 Å². The summed E-state index contributed by atoms with van der Waals surface area (Å²) in [6, 6.07) is 7.15. The fraction of sp³-hybridized carbons (Fsp3) is 0.684. The van der Waals surface area contributed by atoms with Crippen molar-refractivity contribution in [2.75, 3.05) is 20.3 Å². The van der Waals surface area contributed by atoms with Crippen LogP contribution in [0.25, 0.3) is 0 Å². The summed E-state index contributed by atoms with van der Waals surface area (Å²) in [4.78, 5) is 11.3. The average molecular weight is 386 g/mol. The van der Waals surface area contributed by atoms with Crippen LogP contribution in [-0.4, -0.2) is 25.9 Å². The summed E-state index contributed by atoms with van der Waals surface area (Å²) in [5.74, 6) is -0.568. The summed E-state index contributed by atoms with van der Waals surface area (Å²) in [6.45, 7) is 13.5. The summed E-state index contributed by atoms with van der Waals surface area (Å²) in [6.07, 6.45) is 0. The molecule has 0 amide bonds. The minimum atomic E-state index is -1.30. The van der Waals surface area contributed by atoms with Gasteiger partial charge in [0.25, 0.3) is 5.79 Å². The average Bonchev–Trinajstić information content (AvgIpc) is 2.51. The van der Waals surface area contributed by atoms with Crippen LogP contribution in [0.1, 0.15) is 47.1 Å². The maximum atomic E-state index is 10.7. The van der Waals surface area contributed by atoms with Crippen molar-refractivity contribution in [3.8, 4) is 5.75 Å². The molecule has 1 fully saturated rings. The van der Waals surface area contributed by atoms with Gasteiger partial charge >= 0.3 is 0 Å². The SMILES string of the molecule is COC1(c2ccc(O[PH2]=O)cc2)OOC1(COCC(C)(C)C)C(C)(C)C. The first-order chi connectivity index (χ1) is 12.0. The van der Waals surface area contributed by atoms with Gasteiger partial charge in [-0.15, -0.1) is 0 Å². The molecule has 1 aliphatic heterocycles. The van der Waals surface area contributed by atoms with E-state index in [1.807, 2.05) is 12.1 Å². The highest BCUT2D eigenvalue weighted by atomic mass is 31.1. The van der Waals surface area contributed by atoms with E-state index < -0.39 is 20.1 Å². The van der Waals surface area contributed by atoms with Crippen LogP contribution in [0.4, 0.5) is 0 Å². The van der Waals surface area contributed by atoms with Crippen molar-refractivity contribution in [3.05, 3.63) is 29.8 Å². The predicted molar refractivity (Wildman–Crippen MR) is 101 cm³/mol. The molecule has 26 heavy (non-hydrogen) atoms.